The van der Waals surface area contributed by atoms with E-state index in [-0.39, 0.29) is 6.61 Å². The molecule has 1 atom stereocenters. The number of β-amino-alcohol motifs (C(OH)–C–C–N with tert-alkyl or cyclic N) is 2. The fourth-order valence-electron chi connectivity index (χ4n) is 2.49. The summed E-state index contributed by atoms with van der Waals surface area (Å²) in [6.45, 7) is 5.29. The normalized spacial score (nSPS) is 19.5. The number of benzene rings is 1. The number of para-hydroxylation sites is 1. The molecular formula is C14H23N3O2. The van der Waals surface area contributed by atoms with Gasteiger partial charge in [0.05, 0.1) is 12.7 Å². The average molecular weight is 265 g/mol. The van der Waals surface area contributed by atoms with Crippen LogP contribution in [0.2, 0.25) is 0 Å². The van der Waals surface area contributed by atoms with Crippen LogP contribution in [0, 0.1) is 0 Å². The Labute approximate surface area is 114 Å². The van der Waals surface area contributed by atoms with Crippen LogP contribution in [0.3, 0.4) is 0 Å². The van der Waals surface area contributed by atoms with Crippen molar-refractivity contribution in [3.63, 3.8) is 0 Å². The number of hydrogen-bond acceptors (Lipinski definition) is 5. The van der Waals surface area contributed by atoms with Gasteiger partial charge in [0, 0.05) is 50.5 Å². The topological polar surface area (TPSA) is 73.0 Å². The molecule has 1 fully saturated rings. The van der Waals surface area contributed by atoms with E-state index < -0.39 is 6.10 Å². The predicted molar refractivity (Wildman–Crippen MR) is 75.8 cm³/mol. The summed E-state index contributed by atoms with van der Waals surface area (Å²) < 4.78 is 0. The molecule has 0 aromatic heterocycles. The lowest BCUT2D eigenvalue weighted by Gasteiger charge is -2.35. The van der Waals surface area contributed by atoms with Crippen molar-refractivity contribution < 1.29 is 10.2 Å². The number of nitrogen functional groups attached to an aromatic ring is 1. The third kappa shape index (κ3) is 3.91. The Bertz CT molecular complexity index is 392. The van der Waals surface area contributed by atoms with Crippen LogP contribution in [-0.4, -0.2) is 65.9 Å². The molecule has 1 heterocycles. The summed E-state index contributed by atoms with van der Waals surface area (Å²) in [7, 11) is 0. The zero-order chi connectivity index (χ0) is 13.7. The maximum atomic E-state index is 10.2. The van der Waals surface area contributed by atoms with Gasteiger partial charge in [0.15, 0.2) is 0 Å². The molecular weight excluding hydrogens is 242 g/mol. The second kappa shape index (κ2) is 6.86. The molecule has 1 unspecified atom stereocenters. The highest BCUT2D eigenvalue weighted by Gasteiger charge is 2.20. The molecule has 2 rings (SSSR count). The molecule has 1 aliphatic heterocycles. The Morgan fingerprint density at radius 2 is 1.74 bits per heavy atom. The zero-order valence-electron chi connectivity index (χ0n) is 11.2. The molecule has 0 spiro atoms. The van der Waals surface area contributed by atoms with Crippen LogP contribution < -0.4 is 5.73 Å². The first-order valence-electron chi connectivity index (χ1n) is 6.78. The third-order valence-electron chi connectivity index (χ3n) is 3.67. The quantitative estimate of drug-likeness (QED) is 0.649. The molecule has 4 N–H and O–H groups in total. The van der Waals surface area contributed by atoms with E-state index in [1.807, 2.05) is 24.3 Å². The second-order valence-corrected chi connectivity index (χ2v) is 5.01. The van der Waals surface area contributed by atoms with Gasteiger partial charge in [0.1, 0.15) is 0 Å². The molecule has 1 aliphatic rings. The molecule has 1 saturated heterocycles. The average Bonchev–Trinajstić information content (AvgIpc) is 2.42. The van der Waals surface area contributed by atoms with E-state index in [1.165, 1.54) is 0 Å². The number of anilines is 1. The van der Waals surface area contributed by atoms with Crippen LogP contribution in [0.25, 0.3) is 0 Å². The van der Waals surface area contributed by atoms with Crippen molar-refractivity contribution in [1.82, 2.24) is 9.80 Å². The summed E-state index contributed by atoms with van der Waals surface area (Å²) in [5, 5.41) is 19.1. The minimum atomic E-state index is -0.536. The van der Waals surface area contributed by atoms with Crippen molar-refractivity contribution in [2.75, 3.05) is 51.6 Å². The Hall–Kier alpha value is -1.14. The molecule has 0 aliphatic carbocycles. The van der Waals surface area contributed by atoms with Crippen LogP contribution in [0.15, 0.2) is 24.3 Å². The maximum Gasteiger partial charge on any atom is 0.0936 e. The van der Waals surface area contributed by atoms with E-state index in [0.717, 1.165) is 38.3 Å². The van der Waals surface area contributed by atoms with E-state index in [2.05, 4.69) is 9.80 Å². The monoisotopic (exact) mass is 265 g/mol. The van der Waals surface area contributed by atoms with Gasteiger partial charge in [-0.2, -0.15) is 0 Å². The van der Waals surface area contributed by atoms with E-state index in [9.17, 15) is 5.11 Å². The Balaban J connectivity index is 1.84. The summed E-state index contributed by atoms with van der Waals surface area (Å²) in [4.78, 5) is 4.48. The van der Waals surface area contributed by atoms with Crippen molar-refractivity contribution in [2.24, 2.45) is 0 Å². The van der Waals surface area contributed by atoms with Gasteiger partial charge in [0.2, 0.25) is 0 Å². The van der Waals surface area contributed by atoms with Crippen molar-refractivity contribution >= 4 is 5.69 Å². The van der Waals surface area contributed by atoms with E-state index in [4.69, 9.17) is 10.8 Å². The van der Waals surface area contributed by atoms with Crippen molar-refractivity contribution in [2.45, 2.75) is 6.10 Å². The summed E-state index contributed by atoms with van der Waals surface area (Å²) in [5.74, 6) is 0. The number of hydrogen-bond donors (Lipinski definition) is 3. The molecule has 5 nitrogen and oxygen atoms in total. The van der Waals surface area contributed by atoms with Gasteiger partial charge in [-0.1, -0.05) is 18.2 Å². The number of nitrogens with two attached hydrogens (primary N) is 1. The standard InChI is InChI=1S/C14H23N3O2/c15-13-4-2-1-3-12(13)14(19)11-17-7-5-16(6-8-17)9-10-18/h1-4,14,18-19H,5-11,15H2. The van der Waals surface area contributed by atoms with Crippen LogP contribution >= 0.6 is 0 Å². The molecule has 0 saturated carbocycles. The van der Waals surface area contributed by atoms with E-state index in [1.54, 1.807) is 0 Å². The SMILES string of the molecule is Nc1ccccc1C(O)CN1CCN(CCO)CC1. The number of rotatable bonds is 5. The lowest BCUT2D eigenvalue weighted by atomic mass is 10.1. The maximum absolute atomic E-state index is 10.2. The highest BCUT2D eigenvalue weighted by Crippen LogP contribution is 2.21. The summed E-state index contributed by atoms with van der Waals surface area (Å²) in [6.07, 6.45) is -0.536. The summed E-state index contributed by atoms with van der Waals surface area (Å²) >= 11 is 0. The summed E-state index contributed by atoms with van der Waals surface area (Å²) in [6, 6.07) is 7.47. The third-order valence-corrected chi connectivity index (χ3v) is 3.67. The molecule has 1 aromatic carbocycles. The van der Waals surface area contributed by atoms with Gasteiger partial charge in [-0.25, -0.2) is 0 Å². The van der Waals surface area contributed by atoms with Crippen molar-refractivity contribution in [3.05, 3.63) is 29.8 Å². The van der Waals surface area contributed by atoms with Crippen LogP contribution in [0.5, 0.6) is 0 Å². The minimum Gasteiger partial charge on any atom is -0.398 e. The van der Waals surface area contributed by atoms with Gasteiger partial charge in [0.25, 0.3) is 0 Å². The molecule has 0 radical (unpaired) electrons. The fraction of sp³-hybridized carbons (Fsp3) is 0.571. The highest BCUT2D eigenvalue weighted by molar-refractivity contribution is 5.47. The predicted octanol–water partition coefficient (Wildman–Crippen LogP) is -0.0879. The molecule has 1 aromatic rings. The summed E-state index contributed by atoms with van der Waals surface area (Å²) in [5.41, 5.74) is 7.33. The molecule has 5 heteroatoms. The lowest BCUT2D eigenvalue weighted by Crippen LogP contribution is -2.48. The number of aliphatic hydroxyl groups excluding tert-OH is 2. The van der Waals surface area contributed by atoms with Gasteiger partial charge >= 0.3 is 0 Å². The molecule has 106 valence electrons. The number of piperazine rings is 1. The van der Waals surface area contributed by atoms with Gasteiger partial charge in [-0.05, 0) is 6.07 Å². The molecule has 0 bridgehead atoms. The largest absolute Gasteiger partial charge is 0.398 e. The smallest absolute Gasteiger partial charge is 0.0936 e. The van der Waals surface area contributed by atoms with Crippen LogP contribution in [0.1, 0.15) is 11.7 Å². The van der Waals surface area contributed by atoms with Gasteiger partial charge in [-0.3, -0.25) is 9.80 Å². The first-order valence-corrected chi connectivity index (χ1v) is 6.78. The van der Waals surface area contributed by atoms with E-state index in [0.29, 0.717) is 12.2 Å². The Morgan fingerprint density at radius 1 is 1.11 bits per heavy atom. The molecule has 0 amide bonds. The van der Waals surface area contributed by atoms with Crippen LogP contribution in [0.4, 0.5) is 5.69 Å². The zero-order valence-corrected chi connectivity index (χ0v) is 11.2. The van der Waals surface area contributed by atoms with E-state index >= 15 is 0 Å². The fourth-order valence-corrected chi connectivity index (χ4v) is 2.49. The molecule has 19 heavy (non-hydrogen) atoms. The second-order valence-electron chi connectivity index (χ2n) is 5.01. The van der Waals surface area contributed by atoms with Gasteiger partial charge < -0.3 is 15.9 Å². The Morgan fingerprint density at radius 3 is 2.37 bits per heavy atom. The van der Waals surface area contributed by atoms with Gasteiger partial charge in [-0.15, -0.1) is 0 Å². The minimum absolute atomic E-state index is 0.211. The van der Waals surface area contributed by atoms with Crippen molar-refractivity contribution in [1.29, 1.82) is 0 Å². The Kier molecular flexibility index (Phi) is 5.15. The van der Waals surface area contributed by atoms with Crippen molar-refractivity contribution in [3.8, 4) is 0 Å². The highest BCUT2D eigenvalue weighted by atomic mass is 16.3. The number of nitrogens with zero attached hydrogens (tertiary/aromatic N) is 2. The lowest BCUT2D eigenvalue weighted by molar-refractivity contribution is 0.0664. The first-order chi connectivity index (χ1) is 9.20. The number of aliphatic hydroxyl groups is 2. The van der Waals surface area contributed by atoms with Crippen LogP contribution in [-0.2, 0) is 0 Å². The first kappa shape index (κ1) is 14.3.